The standard InChI is InChI=1S/C18H27NO2/c1-18(2,17(20)21)11-12-19-13-14-7-9-16(10-8-14)15-5-3-4-6-15/h7-10,15,19H,3-6,11-13H2,1-2H3,(H,20,21). The van der Waals surface area contributed by atoms with E-state index >= 15 is 0 Å². The van der Waals surface area contributed by atoms with Gasteiger partial charge in [-0.15, -0.1) is 0 Å². The number of hydrogen-bond donors (Lipinski definition) is 2. The van der Waals surface area contributed by atoms with Crippen molar-refractivity contribution in [1.82, 2.24) is 5.32 Å². The normalized spacial score (nSPS) is 16.3. The smallest absolute Gasteiger partial charge is 0.309 e. The summed E-state index contributed by atoms with van der Waals surface area (Å²) in [5, 5.41) is 12.4. The summed E-state index contributed by atoms with van der Waals surface area (Å²) in [6.45, 7) is 5.07. The quantitative estimate of drug-likeness (QED) is 0.748. The molecule has 0 saturated heterocycles. The van der Waals surface area contributed by atoms with Crippen LogP contribution in [0.3, 0.4) is 0 Å². The van der Waals surface area contributed by atoms with Gasteiger partial charge in [-0.2, -0.15) is 0 Å². The van der Waals surface area contributed by atoms with E-state index in [1.165, 1.54) is 36.8 Å². The van der Waals surface area contributed by atoms with Gasteiger partial charge in [0.1, 0.15) is 0 Å². The molecule has 0 spiro atoms. The third kappa shape index (κ3) is 4.57. The zero-order valence-corrected chi connectivity index (χ0v) is 13.2. The lowest BCUT2D eigenvalue weighted by Crippen LogP contribution is -2.28. The van der Waals surface area contributed by atoms with E-state index in [9.17, 15) is 4.79 Å². The highest BCUT2D eigenvalue weighted by atomic mass is 16.4. The average molecular weight is 289 g/mol. The molecule has 1 saturated carbocycles. The van der Waals surface area contributed by atoms with Gasteiger partial charge in [0, 0.05) is 6.54 Å². The molecule has 0 bridgehead atoms. The van der Waals surface area contributed by atoms with E-state index in [-0.39, 0.29) is 0 Å². The summed E-state index contributed by atoms with van der Waals surface area (Å²) in [6.07, 6.45) is 6.05. The van der Waals surface area contributed by atoms with Gasteiger partial charge in [0.2, 0.25) is 0 Å². The molecule has 0 aliphatic heterocycles. The van der Waals surface area contributed by atoms with Crippen molar-refractivity contribution in [2.24, 2.45) is 5.41 Å². The van der Waals surface area contributed by atoms with E-state index in [4.69, 9.17) is 5.11 Å². The summed E-state index contributed by atoms with van der Waals surface area (Å²) in [5.74, 6) is 0.0357. The largest absolute Gasteiger partial charge is 0.481 e. The predicted octanol–water partition coefficient (Wildman–Crippen LogP) is 3.93. The van der Waals surface area contributed by atoms with Crippen molar-refractivity contribution in [2.75, 3.05) is 6.54 Å². The molecule has 0 unspecified atom stereocenters. The van der Waals surface area contributed by atoms with Gasteiger partial charge in [0.05, 0.1) is 5.41 Å². The molecule has 2 rings (SSSR count). The van der Waals surface area contributed by atoms with Gasteiger partial charge in [-0.1, -0.05) is 37.1 Å². The Balaban J connectivity index is 1.75. The Kier molecular flexibility index (Phi) is 5.40. The number of hydrogen-bond acceptors (Lipinski definition) is 2. The molecular formula is C18H27NO2. The number of carboxylic acid groups (broad SMARTS) is 1. The second kappa shape index (κ2) is 7.08. The first-order valence-corrected chi connectivity index (χ1v) is 8.02. The van der Waals surface area contributed by atoms with Crippen LogP contribution in [-0.2, 0) is 11.3 Å². The third-order valence-corrected chi connectivity index (χ3v) is 4.64. The first-order valence-electron chi connectivity index (χ1n) is 8.02. The molecule has 1 aromatic carbocycles. The molecule has 3 heteroatoms. The maximum Gasteiger partial charge on any atom is 0.309 e. The first kappa shape index (κ1) is 16.0. The Bertz CT molecular complexity index is 459. The average Bonchev–Trinajstić information content (AvgIpc) is 2.98. The van der Waals surface area contributed by atoms with Crippen LogP contribution >= 0.6 is 0 Å². The third-order valence-electron chi connectivity index (χ3n) is 4.64. The Morgan fingerprint density at radius 3 is 2.43 bits per heavy atom. The van der Waals surface area contributed by atoms with Gasteiger partial charge in [-0.05, 0) is 56.7 Å². The highest BCUT2D eigenvalue weighted by Gasteiger charge is 2.26. The zero-order chi connectivity index (χ0) is 15.3. The minimum atomic E-state index is -0.731. The molecule has 2 N–H and O–H groups in total. The number of nitrogens with one attached hydrogen (secondary N) is 1. The van der Waals surface area contributed by atoms with E-state index in [1.54, 1.807) is 13.8 Å². The first-order chi connectivity index (χ1) is 9.99. The van der Waals surface area contributed by atoms with Gasteiger partial charge in [0.25, 0.3) is 0 Å². The van der Waals surface area contributed by atoms with Crippen molar-refractivity contribution in [2.45, 2.75) is 58.4 Å². The molecule has 21 heavy (non-hydrogen) atoms. The predicted molar refractivity (Wildman–Crippen MR) is 85.4 cm³/mol. The van der Waals surface area contributed by atoms with Crippen molar-refractivity contribution >= 4 is 5.97 Å². The van der Waals surface area contributed by atoms with Crippen LogP contribution in [0.1, 0.15) is 63.0 Å². The van der Waals surface area contributed by atoms with E-state index in [2.05, 4.69) is 29.6 Å². The fraction of sp³-hybridized carbons (Fsp3) is 0.611. The SMILES string of the molecule is CC(C)(CCNCc1ccc(C2CCCC2)cc1)C(=O)O. The summed E-state index contributed by atoms with van der Waals surface area (Å²) in [7, 11) is 0. The molecule has 0 atom stereocenters. The number of carbonyl (C=O) groups is 1. The molecule has 1 aliphatic rings. The van der Waals surface area contributed by atoms with Crippen LogP contribution in [0.4, 0.5) is 0 Å². The number of rotatable bonds is 7. The maximum absolute atomic E-state index is 11.0. The van der Waals surface area contributed by atoms with Crippen molar-refractivity contribution in [3.05, 3.63) is 35.4 Å². The maximum atomic E-state index is 11.0. The Hall–Kier alpha value is -1.35. The fourth-order valence-electron chi connectivity index (χ4n) is 2.91. The monoisotopic (exact) mass is 289 g/mol. The molecular weight excluding hydrogens is 262 g/mol. The molecule has 0 amide bonds. The van der Waals surface area contributed by atoms with E-state index < -0.39 is 11.4 Å². The minimum absolute atomic E-state index is 0.641. The topological polar surface area (TPSA) is 49.3 Å². The molecule has 1 aromatic rings. The van der Waals surface area contributed by atoms with Crippen LogP contribution in [0.5, 0.6) is 0 Å². The Morgan fingerprint density at radius 1 is 1.24 bits per heavy atom. The summed E-state index contributed by atoms with van der Waals surface area (Å²) >= 11 is 0. The fourth-order valence-corrected chi connectivity index (χ4v) is 2.91. The Labute approximate surface area is 127 Å². The molecule has 3 nitrogen and oxygen atoms in total. The van der Waals surface area contributed by atoms with Crippen LogP contribution in [0.15, 0.2) is 24.3 Å². The summed E-state index contributed by atoms with van der Waals surface area (Å²) in [5.41, 5.74) is 2.09. The minimum Gasteiger partial charge on any atom is -0.481 e. The summed E-state index contributed by atoms with van der Waals surface area (Å²) in [4.78, 5) is 11.0. The molecule has 116 valence electrons. The molecule has 0 radical (unpaired) electrons. The summed E-state index contributed by atoms with van der Waals surface area (Å²) in [6, 6.07) is 8.91. The van der Waals surface area contributed by atoms with Gasteiger partial charge in [-0.3, -0.25) is 4.79 Å². The van der Waals surface area contributed by atoms with Gasteiger partial charge in [0.15, 0.2) is 0 Å². The van der Waals surface area contributed by atoms with Gasteiger partial charge < -0.3 is 10.4 Å². The van der Waals surface area contributed by atoms with Crippen LogP contribution < -0.4 is 5.32 Å². The van der Waals surface area contributed by atoms with Crippen molar-refractivity contribution in [1.29, 1.82) is 0 Å². The van der Waals surface area contributed by atoms with Crippen molar-refractivity contribution in [3.63, 3.8) is 0 Å². The van der Waals surface area contributed by atoms with Crippen LogP contribution in [0, 0.1) is 5.41 Å². The lowest BCUT2D eigenvalue weighted by Gasteiger charge is -2.19. The van der Waals surface area contributed by atoms with Crippen LogP contribution in [0.2, 0.25) is 0 Å². The highest BCUT2D eigenvalue weighted by Crippen LogP contribution is 2.33. The molecule has 0 aromatic heterocycles. The Morgan fingerprint density at radius 2 is 1.86 bits per heavy atom. The lowest BCUT2D eigenvalue weighted by atomic mass is 9.90. The van der Waals surface area contributed by atoms with Gasteiger partial charge >= 0.3 is 5.97 Å². The zero-order valence-electron chi connectivity index (χ0n) is 13.2. The molecule has 0 heterocycles. The van der Waals surface area contributed by atoms with E-state index in [0.29, 0.717) is 6.42 Å². The second-order valence-corrected chi connectivity index (χ2v) is 6.84. The number of benzene rings is 1. The second-order valence-electron chi connectivity index (χ2n) is 6.84. The van der Waals surface area contributed by atoms with E-state index in [1.807, 2.05) is 0 Å². The van der Waals surface area contributed by atoms with Crippen molar-refractivity contribution in [3.8, 4) is 0 Å². The number of carboxylic acids is 1. The van der Waals surface area contributed by atoms with E-state index in [0.717, 1.165) is 19.0 Å². The molecule has 1 fully saturated rings. The van der Waals surface area contributed by atoms with Gasteiger partial charge in [-0.25, -0.2) is 0 Å². The molecule has 1 aliphatic carbocycles. The van der Waals surface area contributed by atoms with Crippen molar-refractivity contribution < 1.29 is 9.90 Å². The lowest BCUT2D eigenvalue weighted by molar-refractivity contribution is -0.147. The van der Waals surface area contributed by atoms with Crippen LogP contribution in [0.25, 0.3) is 0 Å². The highest BCUT2D eigenvalue weighted by molar-refractivity contribution is 5.73. The number of aliphatic carboxylic acids is 1. The summed E-state index contributed by atoms with van der Waals surface area (Å²) < 4.78 is 0. The van der Waals surface area contributed by atoms with Crippen LogP contribution in [-0.4, -0.2) is 17.6 Å².